The van der Waals surface area contributed by atoms with Gasteiger partial charge in [-0.25, -0.2) is 0 Å². The summed E-state index contributed by atoms with van der Waals surface area (Å²) in [6.45, 7) is 6.66. The molecule has 0 aromatic heterocycles. The Morgan fingerprint density at radius 1 is 0.247 bits per heavy atom. The van der Waals surface area contributed by atoms with Crippen LogP contribution in [-0.4, -0.2) is 37.2 Å². The maximum Gasteiger partial charge on any atom is 0.306 e. The SMILES string of the molecule is CCCCC/C=C\C/C=C\CCCCCCCCCCCC(=O)OCC(COC(=O)CCCCCCCCCC/C=C\C/C=C\C/C=C\CCCCCCC)OC(=O)CCCCCCCCCCCCCCCCCCCCCCC. The van der Waals surface area contributed by atoms with Gasteiger partial charge in [-0.3, -0.25) is 14.4 Å². The minimum atomic E-state index is -0.780. The molecule has 0 saturated carbocycles. The van der Waals surface area contributed by atoms with Gasteiger partial charge in [-0.05, 0) is 89.9 Å². The van der Waals surface area contributed by atoms with Gasteiger partial charge in [0.1, 0.15) is 13.2 Å². The molecule has 81 heavy (non-hydrogen) atoms. The van der Waals surface area contributed by atoms with E-state index in [1.165, 1.54) is 257 Å². The number of esters is 3. The molecular weight excluding hydrogens is 997 g/mol. The maximum atomic E-state index is 13.0. The number of allylic oxidation sites excluding steroid dienone is 10. The Balaban J connectivity index is 4.35. The van der Waals surface area contributed by atoms with Gasteiger partial charge in [0.2, 0.25) is 0 Å². The lowest BCUT2D eigenvalue weighted by Crippen LogP contribution is -2.30. The summed E-state index contributed by atoms with van der Waals surface area (Å²) in [5.74, 6) is -0.860. The van der Waals surface area contributed by atoms with Crippen molar-refractivity contribution in [3.8, 4) is 0 Å². The Morgan fingerprint density at radius 3 is 0.716 bits per heavy atom. The average Bonchev–Trinajstić information content (AvgIpc) is 3.47. The van der Waals surface area contributed by atoms with Crippen molar-refractivity contribution in [2.24, 2.45) is 0 Å². The third-order valence-corrected chi connectivity index (χ3v) is 16.0. The molecule has 0 aromatic carbocycles. The van der Waals surface area contributed by atoms with Crippen molar-refractivity contribution in [1.29, 1.82) is 0 Å². The monoisotopic (exact) mass is 1130 g/mol. The number of rotatable bonds is 66. The molecule has 6 nitrogen and oxygen atoms in total. The molecular formula is C75H136O6. The van der Waals surface area contributed by atoms with E-state index in [-0.39, 0.29) is 31.1 Å². The van der Waals surface area contributed by atoms with E-state index in [9.17, 15) is 14.4 Å². The van der Waals surface area contributed by atoms with E-state index in [0.29, 0.717) is 19.3 Å². The zero-order valence-electron chi connectivity index (χ0n) is 54.3. The van der Waals surface area contributed by atoms with Crippen molar-refractivity contribution in [3.05, 3.63) is 60.8 Å². The summed E-state index contributed by atoms with van der Waals surface area (Å²) < 4.78 is 17.0. The second-order valence-electron chi connectivity index (χ2n) is 24.1. The molecule has 0 N–H and O–H groups in total. The highest BCUT2D eigenvalue weighted by Gasteiger charge is 2.19. The average molecular weight is 1130 g/mol. The number of hydrogen-bond acceptors (Lipinski definition) is 6. The van der Waals surface area contributed by atoms with Gasteiger partial charge in [0.15, 0.2) is 6.10 Å². The topological polar surface area (TPSA) is 78.9 Å². The third-order valence-electron chi connectivity index (χ3n) is 16.0. The summed E-state index contributed by atoms with van der Waals surface area (Å²) in [5, 5.41) is 0. The fraction of sp³-hybridized carbons (Fsp3) is 0.827. The van der Waals surface area contributed by atoms with E-state index < -0.39 is 6.10 Å². The summed E-state index contributed by atoms with van der Waals surface area (Å²) >= 11 is 0. The number of carbonyl (C=O) groups excluding carboxylic acids is 3. The summed E-state index contributed by atoms with van der Waals surface area (Å²) in [7, 11) is 0. The molecule has 0 amide bonds. The van der Waals surface area contributed by atoms with Crippen LogP contribution in [0.5, 0.6) is 0 Å². The van der Waals surface area contributed by atoms with Crippen LogP contribution in [0.15, 0.2) is 60.8 Å². The van der Waals surface area contributed by atoms with Crippen LogP contribution >= 0.6 is 0 Å². The summed E-state index contributed by atoms with van der Waals surface area (Å²) in [6.07, 6.45) is 89.5. The molecule has 0 aliphatic carbocycles. The third kappa shape index (κ3) is 67.8. The van der Waals surface area contributed by atoms with Gasteiger partial charge in [0, 0.05) is 19.3 Å². The standard InChI is InChI=1S/C75H136O6/c1-4-7-10-13-16-19-22-25-28-31-34-36-37-39-41-44-47-50-53-56-59-62-65-68-74(77)80-71-72(70-79-73(76)67-64-61-58-55-52-49-46-43-40-33-30-27-24-21-18-15-12-9-6-3)81-75(78)69-66-63-60-57-54-51-48-45-42-38-35-32-29-26-23-20-17-14-11-8-5-2/h18,21-22,25,27,30-31,34,37,39,72H,4-17,19-20,23-24,26,28-29,32-33,35-36,38,40-71H2,1-3H3/b21-18-,25-22-,30-27-,34-31-,39-37-. The second kappa shape index (κ2) is 69.6. The molecule has 0 aromatic rings. The fourth-order valence-corrected chi connectivity index (χ4v) is 10.6. The lowest BCUT2D eigenvalue weighted by atomic mass is 10.0. The van der Waals surface area contributed by atoms with E-state index in [1.807, 2.05) is 0 Å². The second-order valence-corrected chi connectivity index (χ2v) is 24.1. The quantitative estimate of drug-likeness (QED) is 0.0261. The van der Waals surface area contributed by atoms with Gasteiger partial charge in [0.05, 0.1) is 0 Å². The Labute approximate surface area is 504 Å². The van der Waals surface area contributed by atoms with Crippen LogP contribution in [-0.2, 0) is 28.6 Å². The summed E-state index contributed by atoms with van der Waals surface area (Å²) in [5.41, 5.74) is 0. The zero-order chi connectivity index (χ0) is 58.5. The van der Waals surface area contributed by atoms with Crippen LogP contribution < -0.4 is 0 Å². The number of ether oxygens (including phenoxy) is 3. The van der Waals surface area contributed by atoms with Gasteiger partial charge < -0.3 is 14.2 Å². The molecule has 1 unspecified atom stereocenters. The molecule has 472 valence electrons. The molecule has 1 atom stereocenters. The van der Waals surface area contributed by atoms with E-state index in [4.69, 9.17) is 14.2 Å². The predicted molar refractivity (Wildman–Crippen MR) is 353 cm³/mol. The van der Waals surface area contributed by atoms with Gasteiger partial charge >= 0.3 is 17.9 Å². The Morgan fingerprint density at radius 2 is 0.444 bits per heavy atom. The summed E-state index contributed by atoms with van der Waals surface area (Å²) in [4.78, 5) is 38.5. The van der Waals surface area contributed by atoms with Crippen LogP contribution in [0.2, 0.25) is 0 Å². The van der Waals surface area contributed by atoms with E-state index >= 15 is 0 Å². The highest BCUT2D eigenvalue weighted by molar-refractivity contribution is 5.71. The molecule has 0 rings (SSSR count). The molecule has 0 saturated heterocycles. The predicted octanol–water partition coefficient (Wildman–Crippen LogP) is 24.7. The van der Waals surface area contributed by atoms with E-state index in [1.54, 1.807) is 0 Å². The number of carbonyl (C=O) groups is 3. The van der Waals surface area contributed by atoms with Crippen LogP contribution in [0.3, 0.4) is 0 Å². The zero-order valence-corrected chi connectivity index (χ0v) is 54.3. The van der Waals surface area contributed by atoms with Crippen LogP contribution in [0.25, 0.3) is 0 Å². The largest absolute Gasteiger partial charge is 0.462 e. The molecule has 0 spiro atoms. The normalized spacial score (nSPS) is 12.4. The smallest absolute Gasteiger partial charge is 0.306 e. The molecule has 0 aliphatic rings. The molecule has 0 bridgehead atoms. The highest BCUT2D eigenvalue weighted by atomic mass is 16.6. The van der Waals surface area contributed by atoms with Gasteiger partial charge in [-0.15, -0.1) is 0 Å². The van der Waals surface area contributed by atoms with Crippen molar-refractivity contribution in [2.45, 2.75) is 386 Å². The Bertz CT molecular complexity index is 1440. The van der Waals surface area contributed by atoms with Gasteiger partial charge in [-0.1, -0.05) is 332 Å². The van der Waals surface area contributed by atoms with Crippen LogP contribution in [0.1, 0.15) is 380 Å². The lowest BCUT2D eigenvalue weighted by molar-refractivity contribution is -0.167. The van der Waals surface area contributed by atoms with E-state index in [0.717, 1.165) is 83.5 Å². The minimum absolute atomic E-state index is 0.0752. The minimum Gasteiger partial charge on any atom is -0.462 e. The lowest BCUT2D eigenvalue weighted by Gasteiger charge is -2.18. The van der Waals surface area contributed by atoms with Crippen molar-refractivity contribution < 1.29 is 28.6 Å². The molecule has 0 fully saturated rings. The first kappa shape index (κ1) is 78.1. The van der Waals surface area contributed by atoms with Crippen molar-refractivity contribution in [1.82, 2.24) is 0 Å². The molecule has 6 heteroatoms. The Hall–Kier alpha value is -2.89. The Kier molecular flexibility index (Phi) is 67.1. The van der Waals surface area contributed by atoms with Crippen molar-refractivity contribution in [3.63, 3.8) is 0 Å². The first-order valence-electron chi connectivity index (χ1n) is 35.8. The van der Waals surface area contributed by atoms with Crippen molar-refractivity contribution in [2.75, 3.05) is 13.2 Å². The molecule has 0 radical (unpaired) electrons. The molecule has 0 heterocycles. The van der Waals surface area contributed by atoms with Crippen molar-refractivity contribution >= 4 is 17.9 Å². The molecule has 0 aliphatic heterocycles. The first-order valence-corrected chi connectivity index (χ1v) is 35.8. The fourth-order valence-electron chi connectivity index (χ4n) is 10.6. The first-order chi connectivity index (χ1) is 40.0. The van der Waals surface area contributed by atoms with Gasteiger partial charge in [0.25, 0.3) is 0 Å². The highest BCUT2D eigenvalue weighted by Crippen LogP contribution is 2.18. The summed E-state index contributed by atoms with van der Waals surface area (Å²) in [6, 6.07) is 0. The van der Waals surface area contributed by atoms with Gasteiger partial charge in [-0.2, -0.15) is 0 Å². The van der Waals surface area contributed by atoms with E-state index in [2.05, 4.69) is 81.5 Å². The number of hydrogen-bond donors (Lipinski definition) is 0. The van der Waals surface area contributed by atoms with Crippen LogP contribution in [0.4, 0.5) is 0 Å². The maximum absolute atomic E-state index is 13.0. The number of unbranched alkanes of at least 4 members (excludes halogenated alkanes) is 45. The van der Waals surface area contributed by atoms with Crippen LogP contribution in [0, 0.1) is 0 Å².